The molecule has 0 bridgehead atoms. The third-order valence-corrected chi connectivity index (χ3v) is 4.00. The van der Waals surface area contributed by atoms with E-state index in [1.54, 1.807) is 6.26 Å². The van der Waals surface area contributed by atoms with Gasteiger partial charge in [0.15, 0.2) is 5.96 Å². The summed E-state index contributed by atoms with van der Waals surface area (Å²) in [5.74, 6) is 1.63. The largest absolute Gasteiger partial charge is 0.469 e. The Balaban J connectivity index is 1.61. The highest BCUT2D eigenvalue weighted by Gasteiger charge is 2.18. The van der Waals surface area contributed by atoms with Crippen LogP contribution in [0, 0.1) is 0 Å². The van der Waals surface area contributed by atoms with Crippen LogP contribution >= 0.6 is 0 Å². The van der Waals surface area contributed by atoms with E-state index in [2.05, 4.69) is 15.6 Å². The van der Waals surface area contributed by atoms with Crippen molar-refractivity contribution in [2.24, 2.45) is 4.99 Å². The molecule has 1 aromatic rings. The zero-order valence-electron chi connectivity index (χ0n) is 14.6. The normalized spacial score (nSPS) is 15.5. The highest BCUT2D eigenvalue weighted by molar-refractivity contribution is 5.79. The zero-order valence-corrected chi connectivity index (χ0v) is 14.6. The van der Waals surface area contributed by atoms with Gasteiger partial charge >= 0.3 is 5.97 Å². The Morgan fingerprint density at radius 2 is 2.21 bits per heavy atom. The molecule has 6 heteroatoms. The fraction of sp³-hybridized carbons (Fsp3) is 0.667. The molecule has 0 aliphatic heterocycles. The van der Waals surface area contributed by atoms with Gasteiger partial charge in [-0.25, -0.2) is 0 Å². The number of guanidine groups is 1. The molecule has 0 spiro atoms. The molecule has 134 valence electrons. The predicted octanol–water partition coefficient (Wildman–Crippen LogP) is 2.64. The van der Waals surface area contributed by atoms with E-state index in [1.165, 1.54) is 12.8 Å². The molecule has 1 saturated carbocycles. The van der Waals surface area contributed by atoms with Crippen molar-refractivity contribution in [2.75, 3.05) is 19.6 Å². The van der Waals surface area contributed by atoms with E-state index < -0.39 is 0 Å². The number of rotatable bonds is 9. The lowest BCUT2D eigenvalue weighted by atomic mass is 10.3. The molecule has 0 unspecified atom stereocenters. The SMILES string of the molecule is CCNC(=NCCCC(=O)OC1CCCC1)NCCc1ccco1. The zero-order chi connectivity index (χ0) is 17.0. The molecule has 0 atom stereocenters. The Kier molecular flexibility index (Phi) is 8.21. The van der Waals surface area contributed by atoms with Gasteiger partial charge in [-0.15, -0.1) is 0 Å². The van der Waals surface area contributed by atoms with E-state index >= 15 is 0 Å². The van der Waals surface area contributed by atoms with Crippen molar-refractivity contribution >= 4 is 11.9 Å². The standard InChI is InChI=1S/C18H29N3O3/c1-2-19-18(21-13-11-15-9-6-14-23-15)20-12-5-10-17(22)24-16-7-3-4-8-16/h6,9,14,16H,2-5,7-8,10-13H2,1H3,(H2,19,20,21). The first-order chi connectivity index (χ1) is 11.8. The second kappa shape index (κ2) is 10.7. The minimum absolute atomic E-state index is 0.0899. The molecule has 0 aromatic carbocycles. The first-order valence-electron chi connectivity index (χ1n) is 9.02. The average Bonchev–Trinajstić information content (AvgIpc) is 3.25. The number of nitrogens with one attached hydrogen (secondary N) is 2. The van der Waals surface area contributed by atoms with Crippen LogP contribution in [0.5, 0.6) is 0 Å². The highest BCUT2D eigenvalue weighted by Crippen LogP contribution is 2.21. The minimum atomic E-state index is -0.0899. The lowest BCUT2D eigenvalue weighted by molar-refractivity contribution is -0.148. The predicted molar refractivity (Wildman–Crippen MR) is 94.0 cm³/mol. The van der Waals surface area contributed by atoms with Crippen molar-refractivity contribution < 1.29 is 13.9 Å². The molecule has 6 nitrogen and oxygen atoms in total. The van der Waals surface area contributed by atoms with Crippen molar-refractivity contribution in [3.8, 4) is 0 Å². The van der Waals surface area contributed by atoms with Crippen LogP contribution in [0.15, 0.2) is 27.8 Å². The molecule has 0 radical (unpaired) electrons. The maximum Gasteiger partial charge on any atom is 0.306 e. The van der Waals surface area contributed by atoms with Gasteiger partial charge in [0, 0.05) is 32.5 Å². The number of aliphatic imine (C=N–C) groups is 1. The number of hydrogen-bond acceptors (Lipinski definition) is 4. The molecule has 1 heterocycles. The Labute approximate surface area is 144 Å². The second-order valence-corrected chi connectivity index (χ2v) is 6.02. The Bertz CT molecular complexity index is 494. The van der Waals surface area contributed by atoms with E-state index in [9.17, 15) is 4.79 Å². The Morgan fingerprint density at radius 1 is 1.38 bits per heavy atom. The topological polar surface area (TPSA) is 75.9 Å². The molecular weight excluding hydrogens is 306 g/mol. The molecule has 2 rings (SSSR count). The Morgan fingerprint density at radius 3 is 2.92 bits per heavy atom. The molecule has 1 aromatic heterocycles. The number of carbonyl (C=O) groups excluding carboxylic acids is 1. The highest BCUT2D eigenvalue weighted by atomic mass is 16.5. The van der Waals surface area contributed by atoms with Crippen LogP contribution in [0.3, 0.4) is 0 Å². The van der Waals surface area contributed by atoms with Crippen LogP contribution in [0.4, 0.5) is 0 Å². The Hall–Kier alpha value is -1.98. The summed E-state index contributed by atoms with van der Waals surface area (Å²) in [5, 5.41) is 6.47. The van der Waals surface area contributed by atoms with Crippen LogP contribution in [0.1, 0.15) is 51.2 Å². The molecule has 1 aliphatic carbocycles. The van der Waals surface area contributed by atoms with Crippen molar-refractivity contribution in [1.29, 1.82) is 0 Å². The van der Waals surface area contributed by atoms with Crippen molar-refractivity contribution in [3.05, 3.63) is 24.2 Å². The molecule has 1 aliphatic rings. The van der Waals surface area contributed by atoms with Crippen molar-refractivity contribution in [3.63, 3.8) is 0 Å². The van der Waals surface area contributed by atoms with Crippen LogP contribution in [-0.4, -0.2) is 37.7 Å². The van der Waals surface area contributed by atoms with Gasteiger partial charge in [0.2, 0.25) is 0 Å². The number of furan rings is 1. The van der Waals surface area contributed by atoms with Crippen LogP contribution < -0.4 is 10.6 Å². The van der Waals surface area contributed by atoms with E-state index in [0.717, 1.165) is 44.1 Å². The summed E-state index contributed by atoms with van der Waals surface area (Å²) in [6, 6.07) is 3.85. The van der Waals surface area contributed by atoms with E-state index in [1.807, 2.05) is 19.1 Å². The molecular formula is C18H29N3O3. The number of carbonyl (C=O) groups is 1. The molecule has 24 heavy (non-hydrogen) atoms. The maximum atomic E-state index is 11.8. The van der Waals surface area contributed by atoms with E-state index in [0.29, 0.717) is 19.4 Å². The van der Waals surface area contributed by atoms with Crippen LogP contribution in [0.2, 0.25) is 0 Å². The minimum Gasteiger partial charge on any atom is -0.469 e. The summed E-state index contributed by atoms with van der Waals surface area (Å²) in [6.07, 6.45) is 8.19. The average molecular weight is 335 g/mol. The third-order valence-electron chi connectivity index (χ3n) is 4.00. The fourth-order valence-corrected chi connectivity index (χ4v) is 2.77. The van der Waals surface area contributed by atoms with Gasteiger partial charge in [-0.2, -0.15) is 0 Å². The van der Waals surface area contributed by atoms with Crippen molar-refractivity contribution in [1.82, 2.24) is 10.6 Å². The van der Waals surface area contributed by atoms with Gasteiger partial charge in [0.05, 0.1) is 6.26 Å². The van der Waals surface area contributed by atoms with E-state index in [-0.39, 0.29) is 12.1 Å². The molecule has 1 fully saturated rings. The molecule has 2 N–H and O–H groups in total. The second-order valence-electron chi connectivity index (χ2n) is 6.02. The van der Waals surface area contributed by atoms with Gasteiger partial charge in [0.1, 0.15) is 11.9 Å². The van der Waals surface area contributed by atoms with Crippen LogP contribution in [0.25, 0.3) is 0 Å². The van der Waals surface area contributed by atoms with Gasteiger partial charge < -0.3 is 19.8 Å². The lowest BCUT2D eigenvalue weighted by Gasteiger charge is -2.12. The maximum absolute atomic E-state index is 11.8. The number of nitrogens with zero attached hydrogens (tertiary/aromatic N) is 1. The van der Waals surface area contributed by atoms with Gasteiger partial charge in [0.25, 0.3) is 0 Å². The summed E-state index contributed by atoms with van der Waals surface area (Å²) in [4.78, 5) is 16.3. The summed E-state index contributed by atoms with van der Waals surface area (Å²) < 4.78 is 10.7. The number of hydrogen-bond donors (Lipinski definition) is 2. The lowest BCUT2D eigenvalue weighted by Crippen LogP contribution is -2.38. The molecule has 0 amide bonds. The first-order valence-corrected chi connectivity index (χ1v) is 9.02. The third kappa shape index (κ3) is 7.06. The summed E-state index contributed by atoms with van der Waals surface area (Å²) >= 11 is 0. The fourth-order valence-electron chi connectivity index (χ4n) is 2.77. The van der Waals surface area contributed by atoms with Crippen molar-refractivity contribution in [2.45, 2.75) is 58.0 Å². The van der Waals surface area contributed by atoms with Gasteiger partial charge in [-0.3, -0.25) is 9.79 Å². The van der Waals surface area contributed by atoms with E-state index in [4.69, 9.17) is 9.15 Å². The summed E-state index contributed by atoms with van der Waals surface area (Å²) in [6.45, 7) is 4.19. The molecule has 0 saturated heterocycles. The van der Waals surface area contributed by atoms with Gasteiger partial charge in [-0.05, 0) is 51.2 Å². The summed E-state index contributed by atoms with van der Waals surface area (Å²) in [7, 11) is 0. The number of esters is 1. The van der Waals surface area contributed by atoms with Crippen LogP contribution in [-0.2, 0) is 16.0 Å². The number of ether oxygens (including phenoxy) is 1. The quantitative estimate of drug-likeness (QED) is 0.314. The monoisotopic (exact) mass is 335 g/mol. The van der Waals surface area contributed by atoms with Gasteiger partial charge in [-0.1, -0.05) is 0 Å². The summed E-state index contributed by atoms with van der Waals surface area (Å²) in [5.41, 5.74) is 0. The first kappa shape index (κ1) is 18.4. The smallest absolute Gasteiger partial charge is 0.306 e.